The van der Waals surface area contributed by atoms with Crippen LogP contribution in [0.15, 0.2) is 85.1 Å². The molecule has 0 saturated carbocycles. The van der Waals surface area contributed by atoms with Gasteiger partial charge in [-0.3, -0.25) is 14.4 Å². The standard InChI is InChI=1S/C75H132O6/c1-4-7-10-13-16-19-22-25-28-31-33-35-37-39-41-44-47-50-53-56-59-62-65-68-74(77)80-71-72(70-79-73(76)67-64-61-58-55-52-49-46-43-30-27-24-21-18-15-12-9-6-3)81-75(78)69-66-63-60-57-54-51-48-45-42-40-38-36-34-32-29-26-23-20-17-14-11-8-5-2/h7,10,16,19,25,28,32-35,39,41,47,50,72H,4-6,8-9,11-15,17-18,20-24,26-27,29-31,36-38,40,42-46,48-49,51-71H2,1-3H3/b10-7-,19-16-,28-25-,34-32-,35-33-,41-39-,50-47-. The lowest BCUT2D eigenvalue weighted by Crippen LogP contribution is -2.30. The summed E-state index contributed by atoms with van der Waals surface area (Å²) in [7, 11) is 0. The molecule has 0 heterocycles. The molecular weight excluding hydrogens is 997 g/mol. The van der Waals surface area contributed by atoms with Crippen molar-refractivity contribution in [1.29, 1.82) is 0 Å². The maximum Gasteiger partial charge on any atom is 0.306 e. The maximum absolute atomic E-state index is 13.0. The highest BCUT2D eigenvalue weighted by atomic mass is 16.6. The molecule has 6 nitrogen and oxygen atoms in total. The lowest BCUT2D eigenvalue weighted by molar-refractivity contribution is -0.167. The highest BCUT2D eigenvalue weighted by Crippen LogP contribution is 2.17. The molecule has 0 spiro atoms. The Kier molecular flexibility index (Phi) is 66.2. The molecule has 0 aromatic heterocycles. The average Bonchev–Trinajstić information content (AvgIpc) is 3.47. The van der Waals surface area contributed by atoms with Crippen LogP contribution in [0.25, 0.3) is 0 Å². The van der Waals surface area contributed by atoms with E-state index in [4.69, 9.17) is 14.2 Å². The Morgan fingerprint density at radius 1 is 0.259 bits per heavy atom. The molecule has 0 amide bonds. The van der Waals surface area contributed by atoms with Gasteiger partial charge in [-0.15, -0.1) is 0 Å². The summed E-state index contributed by atoms with van der Waals surface area (Å²) in [4.78, 5) is 38.5. The van der Waals surface area contributed by atoms with Crippen LogP contribution < -0.4 is 0 Å². The highest BCUT2D eigenvalue weighted by Gasteiger charge is 2.19. The van der Waals surface area contributed by atoms with Gasteiger partial charge in [-0.25, -0.2) is 0 Å². The fourth-order valence-electron chi connectivity index (χ4n) is 10.2. The van der Waals surface area contributed by atoms with Crippen molar-refractivity contribution < 1.29 is 28.6 Å². The minimum absolute atomic E-state index is 0.0815. The molecule has 0 N–H and O–H groups in total. The second kappa shape index (κ2) is 69.1. The molecular formula is C75H132O6. The molecule has 1 unspecified atom stereocenters. The van der Waals surface area contributed by atoms with Gasteiger partial charge in [-0.05, 0) is 96.3 Å². The van der Waals surface area contributed by atoms with E-state index in [0.717, 1.165) is 109 Å². The summed E-state index contributed by atoms with van der Waals surface area (Å²) in [6.45, 7) is 6.56. The summed E-state index contributed by atoms with van der Waals surface area (Å²) in [6, 6.07) is 0. The zero-order valence-electron chi connectivity index (χ0n) is 53.8. The molecule has 0 aromatic rings. The first-order chi connectivity index (χ1) is 40.0. The van der Waals surface area contributed by atoms with E-state index >= 15 is 0 Å². The molecule has 1 atom stereocenters. The molecule has 0 rings (SSSR count). The minimum Gasteiger partial charge on any atom is -0.462 e. The first kappa shape index (κ1) is 77.6. The normalized spacial score (nSPS) is 12.6. The van der Waals surface area contributed by atoms with Crippen LogP contribution in [0.5, 0.6) is 0 Å². The summed E-state index contributed by atoms with van der Waals surface area (Å²) < 4.78 is 17.0. The Balaban J connectivity index is 4.40. The number of ether oxygens (including phenoxy) is 3. The Morgan fingerprint density at radius 3 is 0.765 bits per heavy atom. The number of carbonyl (C=O) groups excluding carboxylic acids is 3. The van der Waals surface area contributed by atoms with Gasteiger partial charge < -0.3 is 14.2 Å². The zero-order valence-corrected chi connectivity index (χ0v) is 53.8. The van der Waals surface area contributed by atoms with Gasteiger partial charge >= 0.3 is 17.9 Å². The van der Waals surface area contributed by atoms with E-state index < -0.39 is 6.10 Å². The van der Waals surface area contributed by atoms with E-state index in [-0.39, 0.29) is 31.1 Å². The minimum atomic E-state index is -0.789. The summed E-state index contributed by atoms with van der Waals surface area (Å²) >= 11 is 0. The zero-order chi connectivity index (χ0) is 58.5. The molecule has 6 heteroatoms. The molecule has 0 aliphatic carbocycles. The van der Waals surface area contributed by atoms with E-state index in [1.165, 1.54) is 205 Å². The van der Waals surface area contributed by atoms with Crippen molar-refractivity contribution >= 4 is 17.9 Å². The molecule has 0 aromatic carbocycles. The molecule has 0 radical (unpaired) electrons. The van der Waals surface area contributed by atoms with Gasteiger partial charge in [-0.2, -0.15) is 0 Å². The van der Waals surface area contributed by atoms with E-state index in [1.54, 1.807) is 0 Å². The van der Waals surface area contributed by atoms with Gasteiger partial charge in [0.2, 0.25) is 0 Å². The van der Waals surface area contributed by atoms with Gasteiger partial charge in [-0.1, -0.05) is 324 Å². The third kappa shape index (κ3) is 67.3. The topological polar surface area (TPSA) is 78.9 Å². The van der Waals surface area contributed by atoms with Gasteiger partial charge in [0.1, 0.15) is 13.2 Å². The Hall–Kier alpha value is -3.41. The van der Waals surface area contributed by atoms with Crippen LogP contribution in [0, 0.1) is 0 Å². The van der Waals surface area contributed by atoms with Crippen LogP contribution >= 0.6 is 0 Å². The summed E-state index contributed by atoms with van der Waals surface area (Å²) in [5, 5.41) is 0. The van der Waals surface area contributed by atoms with Gasteiger partial charge in [0.15, 0.2) is 6.10 Å². The Morgan fingerprint density at radius 2 is 0.481 bits per heavy atom. The molecule has 468 valence electrons. The van der Waals surface area contributed by atoms with Gasteiger partial charge in [0.25, 0.3) is 0 Å². The molecule has 0 bridgehead atoms. The SMILES string of the molecule is CC/C=C\C/C=C\C/C=C\C/C=C\C/C=C\C/C=C\CCCCCCC(=O)OCC(COC(=O)CCCCCCCCCCCCCCCCCCC)OC(=O)CCCCCCCCCCCCC/C=C\CCCCCCCCCC. The third-order valence-electron chi connectivity index (χ3n) is 15.4. The second-order valence-corrected chi connectivity index (χ2v) is 23.4. The number of allylic oxidation sites excluding steroid dienone is 14. The predicted octanol–water partition coefficient (Wildman–Crippen LogP) is 24.2. The number of esters is 3. The Labute approximate surface area is 503 Å². The van der Waals surface area contributed by atoms with E-state index in [0.29, 0.717) is 19.3 Å². The highest BCUT2D eigenvalue weighted by molar-refractivity contribution is 5.71. The second-order valence-electron chi connectivity index (χ2n) is 23.4. The van der Waals surface area contributed by atoms with Gasteiger partial charge in [0.05, 0.1) is 0 Å². The average molecular weight is 1130 g/mol. The Bertz CT molecular complexity index is 1530. The van der Waals surface area contributed by atoms with Gasteiger partial charge in [0, 0.05) is 19.3 Å². The lowest BCUT2D eigenvalue weighted by Gasteiger charge is -2.18. The number of rotatable bonds is 64. The van der Waals surface area contributed by atoms with Crippen LogP contribution in [-0.4, -0.2) is 37.2 Å². The fraction of sp³-hybridized carbons (Fsp3) is 0.773. The fourth-order valence-corrected chi connectivity index (χ4v) is 10.2. The third-order valence-corrected chi connectivity index (χ3v) is 15.4. The van der Waals surface area contributed by atoms with Crippen molar-refractivity contribution in [3.05, 3.63) is 85.1 Å². The lowest BCUT2D eigenvalue weighted by atomic mass is 10.0. The van der Waals surface area contributed by atoms with Crippen LogP contribution in [0.4, 0.5) is 0 Å². The number of carbonyl (C=O) groups is 3. The first-order valence-electron chi connectivity index (χ1n) is 35.1. The molecule has 0 saturated heterocycles. The van der Waals surface area contributed by atoms with Crippen molar-refractivity contribution in [1.82, 2.24) is 0 Å². The van der Waals surface area contributed by atoms with Crippen LogP contribution in [-0.2, 0) is 28.6 Å². The molecule has 0 aliphatic heterocycles. The van der Waals surface area contributed by atoms with E-state index in [9.17, 15) is 14.4 Å². The van der Waals surface area contributed by atoms with E-state index in [1.807, 2.05) is 0 Å². The van der Waals surface area contributed by atoms with E-state index in [2.05, 4.69) is 106 Å². The number of unbranched alkanes of at least 4 members (excludes halogenated alkanes) is 39. The quantitative estimate of drug-likeness (QED) is 0.0261. The molecule has 0 aliphatic rings. The van der Waals surface area contributed by atoms with Crippen molar-refractivity contribution in [2.75, 3.05) is 13.2 Å². The summed E-state index contributed by atoms with van der Waals surface area (Å²) in [5.74, 6) is -0.888. The maximum atomic E-state index is 13.0. The van der Waals surface area contributed by atoms with Crippen LogP contribution in [0.3, 0.4) is 0 Å². The smallest absolute Gasteiger partial charge is 0.306 e. The van der Waals surface area contributed by atoms with Crippen LogP contribution in [0.2, 0.25) is 0 Å². The summed E-state index contributed by atoms with van der Waals surface area (Å²) in [5.41, 5.74) is 0. The van der Waals surface area contributed by atoms with Crippen molar-refractivity contribution in [3.63, 3.8) is 0 Å². The largest absolute Gasteiger partial charge is 0.462 e. The van der Waals surface area contributed by atoms with Crippen LogP contribution in [0.1, 0.15) is 355 Å². The molecule has 81 heavy (non-hydrogen) atoms. The predicted molar refractivity (Wildman–Crippen MR) is 353 cm³/mol. The van der Waals surface area contributed by atoms with Crippen molar-refractivity contribution in [2.24, 2.45) is 0 Å². The van der Waals surface area contributed by atoms with Crippen molar-refractivity contribution in [3.8, 4) is 0 Å². The molecule has 0 fully saturated rings. The number of hydrogen-bond acceptors (Lipinski definition) is 6. The number of hydrogen-bond donors (Lipinski definition) is 0. The first-order valence-corrected chi connectivity index (χ1v) is 35.1. The van der Waals surface area contributed by atoms with Crippen molar-refractivity contribution in [2.45, 2.75) is 361 Å². The monoisotopic (exact) mass is 1130 g/mol. The summed E-state index contributed by atoms with van der Waals surface area (Å²) in [6.07, 6.45) is 91.7.